The van der Waals surface area contributed by atoms with E-state index in [4.69, 9.17) is 22.1 Å². The molecule has 0 radical (unpaired) electrons. The Hall–Kier alpha value is -1.34. The molecule has 0 bridgehead atoms. The van der Waals surface area contributed by atoms with Gasteiger partial charge < -0.3 is 15.4 Å². The molecule has 0 aromatic rings. The van der Waals surface area contributed by atoms with E-state index < -0.39 is 29.3 Å². The van der Waals surface area contributed by atoms with Gasteiger partial charge >= 0.3 is 6.03 Å². The normalized spacial score (nSPS) is 21.8. The van der Waals surface area contributed by atoms with Gasteiger partial charge in [-0.2, -0.15) is 0 Å². The van der Waals surface area contributed by atoms with Gasteiger partial charge in [0.1, 0.15) is 11.4 Å². The average molecular weight is 264 g/mol. The summed E-state index contributed by atoms with van der Waals surface area (Å²) in [6.07, 6.45) is 0. The lowest BCUT2D eigenvalue weighted by molar-refractivity contribution is -0.128. The van der Waals surface area contributed by atoms with E-state index in [1.54, 1.807) is 0 Å². The molecule has 0 aliphatic carbocycles. The van der Waals surface area contributed by atoms with E-state index in [0.29, 0.717) is 6.61 Å². The molecule has 17 heavy (non-hydrogen) atoms. The lowest BCUT2D eigenvalue weighted by atomic mass is 10.2. The van der Waals surface area contributed by atoms with Gasteiger partial charge in [-0.1, -0.05) is 0 Å². The number of hydrogen-bond acceptors (Lipinski definition) is 4. The van der Waals surface area contributed by atoms with E-state index in [2.05, 4.69) is 5.32 Å². The maximum atomic E-state index is 11.7. The minimum Gasteiger partial charge on any atom is -0.377 e. The fourth-order valence-corrected chi connectivity index (χ4v) is 1.41. The van der Waals surface area contributed by atoms with Crippen LogP contribution < -0.4 is 11.1 Å². The van der Waals surface area contributed by atoms with Crippen molar-refractivity contribution in [3.05, 3.63) is 0 Å². The second-order valence-electron chi connectivity index (χ2n) is 3.60. The van der Waals surface area contributed by atoms with Crippen molar-refractivity contribution in [3.63, 3.8) is 0 Å². The number of ether oxygens (including phenoxy) is 1. The first-order valence-electron chi connectivity index (χ1n) is 5.06. The van der Waals surface area contributed by atoms with E-state index in [1.807, 2.05) is 0 Å². The Morgan fingerprint density at radius 1 is 1.53 bits per heavy atom. The summed E-state index contributed by atoms with van der Waals surface area (Å²) < 4.78 is 5.04. The molecule has 2 unspecified atom stereocenters. The Labute approximate surface area is 103 Å². The predicted molar refractivity (Wildman–Crippen MR) is 59.4 cm³/mol. The van der Waals surface area contributed by atoms with Crippen LogP contribution >= 0.6 is 11.6 Å². The number of primary amides is 1. The number of nitrogens with zero attached hydrogens (tertiary/aromatic N) is 1. The average Bonchev–Trinajstić information content (AvgIpc) is 2.28. The van der Waals surface area contributed by atoms with Gasteiger partial charge in [0.15, 0.2) is 0 Å². The summed E-state index contributed by atoms with van der Waals surface area (Å²) in [7, 11) is 0. The van der Waals surface area contributed by atoms with Crippen molar-refractivity contribution in [2.45, 2.75) is 18.3 Å². The second kappa shape index (κ2) is 5.83. The number of alkyl halides is 1. The number of rotatable bonds is 2. The van der Waals surface area contributed by atoms with Crippen LogP contribution in [-0.4, -0.2) is 53.9 Å². The molecule has 1 fully saturated rings. The van der Waals surface area contributed by atoms with Crippen LogP contribution in [0.3, 0.4) is 0 Å². The largest absolute Gasteiger partial charge is 0.377 e. The summed E-state index contributed by atoms with van der Waals surface area (Å²) in [5.74, 6) is -1.29. The number of morpholine rings is 1. The first kappa shape index (κ1) is 13.7. The molecule has 0 spiro atoms. The number of nitrogens with two attached hydrogens (primary N) is 1. The minimum absolute atomic E-state index is 0.0351. The molecule has 0 saturated carbocycles. The molecule has 1 rings (SSSR count). The van der Waals surface area contributed by atoms with Crippen molar-refractivity contribution >= 4 is 29.4 Å². The molecule has 1 saturated heterocycles. The quantitative estimate of drug-likeness (QED) is 0.626. The third kappa shape index (κ3) is 3.57. The number of imide groups is 1. The zero-order chi connectivity index (χ0) is 13.0. The standard InChI is InChI=1S/C9H14ClN3O4/c1-5(10)8(15)12-9(16)13-2-3-17-4-6(13)7(11)14/h5-6H,2-4H2,1H3,(H2,11,14)(H,12,15,16). The van der Waals surface area contributed by atoms with Crippen molar-refractivity contribution in [2.24, 2.45) is 5.73 Å². The van der Waals surface area contributed by atoms with Gasteiger partial charge in [0.05, 0.1) is 13.2 Å². The highest BCUT2D eigenvalue weighted by Gasteiger charge is 2.32. The molecule has 1 heterocycles. The highest BCUT2D eigenvalue weighted by atomic mass is 35.5. The van der Waals surface area contributed by atoms with Crippen LogP contribution in [0.1, 0.15) is 6.92 Å². The first-order valence-corrected chi connectivity index (χ1v) is 5.49. The first-order chi connectivity index (χ1) is 7.93. The number of carbonyl (C=O) groups excluding carboxylic acids is 3. The molecular weight excluding hydrogens is 250 g/mol. The molecule has 2 atom stereocenters. The van der Waals surface area contributed by atoms with Crippen molar-refractivity contribution in [1.29, 1.82) is 0 Å². The van der Waals surface area contributed by atoms with Crippen LogP contribution in [0.4, 0.5) is 4.79 Å². The monoisotopic (exact) mass is 263 g/mol. The van der Waals surface area contributed by atoms with Gasteiger partial charge in [-0.25, -0.2) is 4.79 Å². The summed E-state index contributed by atoms with van der Waals surface area (Å²) in [5, 5.41) is 1.26. The van der Waals surface area contributed by atoms with E-state index in [1.165, 1.54) is 11.8 Å². The van der Waals surface area contributed by atoms with Crippen LogP contribution in [0.15, 0.2) is 0 Å². The van der Waals surface area contributed by atoms with Crippen LogP contribution in [-0.2, 0) is 14.3 Å². The molecule has 0 aromatic heterocycles. The maximum Gasteiger partial charge on any atom is 0.324 e. The number of halogens is 1. The Morgan fingerprint density at radius 2 is 2.18 bits per heavy atom. The van der Waals surface area contributed by atoms with E-state index in [0.717, 1.165) is 0 Å². The van der Waals surface area contributed by atoms with Gasteiger partial charge in [0.25, 0.3) is 0 Å². The van der Waals surface area contributed by atoms with Crippen LogP contribution in [0.5, 0.6) is 0 Å². The second-order valence-corrected chi connectivity index (χ2v) is 4.25. The number of carbonyl (C=O) groups is 3. The third-order valence-electron chi connectivity index (χ3n) is 2.31. The topological polar surface area (TPSA) is 102 Å². The van der Waals surface area contributed by atoms with Crippen LogP contribution in [0.25, 0.3) is 0 Å². The van der Waals surface area contributed by atoms with Crippen molar-refractivity contribution in [3.8, 4) is 0 Å². The molecule has 1 aliphatic rings. The van der Waals surface area contributed by atoms with Crippen molar-refractivity contribution in [2.75, 3.05) is 19.8 Å². The van der Waals surface area contributed by atoms with Gasteiger partial charge in [-0.15, -0.1) is 11.6 Å². The minimum atomic E-state index is -0.859. The summed E-state index contributed by atoms with van der Waals surface area (Å²) in [4.78, 5) is 35.2. The predicted octanol–water partition coefficient (Wildman–Crippen LogP) is -0.964. The smallest absolute Gasteiger partial charge is 0.324 e. The maximum absolute atomic E-state index is 11.7. The highest BCUT2D eigenvalue weighted by molar-refractivity contribution is 6.31. The van der Waals surface area contributed by atoms with E-state index >= 15 is 0 Å². The van der Waals surface area contributed by atoms with Gasteiger partial charge in [-0.05, 0) is 6.92 Å². The number of nitrogens with one attached hydrogen (secondary N) is 1. The SMILES string of the molecule is CC(Cl)C(=O)NC(=O)N1CCOCC1C(N)=O. The Morgan fingerprint density at radius 3 is 2.71 bits per heavy atom. The third-order valence-corrected chi connectivity index (χ3v) is 2.51. The fourth-order valence-electron chi connectivity index (χ4n) is 1.36. The molecule has 0 aromatic carbocycles. The number of urea groups is 1. The lowest BCUT2D eigenvalue weighted by Gasteiger charge is -2.33. The van der Waals surface area contributed by atoms with Gasteiger partial charge in [0.2, 0.25) is 11.8 Å². The molecule has 96 valence electrons. The highest BCUT2D eigenvalue weighted by Crippen LogP contribution is 2.07. The Bertz CT molecular complexity index is 334. The van der Waals surface area contributed by atoms with Crippen molar-refractivity contribution < 1.29 is 19.1 Å². The summed E-state index contributed by atoms with van der Waals surface area (Å²) in [5.41, 5.74) is 5.13. The summed E-state index contributed by atoms with van der Waals surface area (Å²) >= 11 is 5.51. The zero-order valence-electron chi connectivity index (χ0n) is 9.31. The summed E-state index contributed by atoms with van der Waals surface area (Å²) in [6.45, 7) is 1.97. The lowest BCUT2D eigenvalue weighted by Crippen LogP contribution is -2.58. The molecule has 4 amide bonds. The number of hydrogen-bond donors (Lipinski definition) is 2. The molecule has 7 nitrogen and oxygen atoms in total. The Balaban J connectivity index is 2.65. The molecular formula is C9H14ClN3O4. The van der Waals surface area contributed by atoms with Crippen molar-refractivity contribution in [1.82, 2.24) is 10.2 Å². The fraction of sp³-hybridized carbons (Fsp3) is 0.667. The van der Waals surface area contributed by atoms with E-state index in [9.17, 15) is 14.4 Å². The molecule has 3 N–H and O–H groups in total. The van der Waals surface area contributed by atoms with Gasteiger partial charge in [0, 0.05) is 6.54 Å². The summed E-state index contributed by atoms with van der Waals surface area (Å²) in [6, 6.07) is -1.54. The van der Waals surface area contributed by atoms with Gasteiger partial charge in [-0.3, -0.25) is 14.9 Å². The van der Waals surface area contributed by atoms with E-state index in [-0.39, 0.29) is 13.2 Å². The molecule has 8 heteroatoms. The Kier molecular flexibility index (Phi) is 4.71. The zero-order valence-corrected chi connectivity index (χ0v) is 10.1. The molecule has 1 aliphatic heterocycles. The van der Waals surface area contributed by atoms with Crippen LogP contribution in [0, 0.1) is 0 Å². The van der Waals surface area contributed by atoms with Crippen LogP contribution in [0.2, 0.25) is 0 Å². The number of amides is 4.